The molecule has 2 N–H and O–H groups in total. The Hall–Kier alpha value is -2.96. The van der Waals surface area contributed by atoms with Gasteiger partial charge in [0.2, 0.25) is 0 Å². The lowest BCUT2D eigenvalue weighted by molar-refractivity contribution is 0.0599. The standard InChI is InChI=1S/C20H27N3O4/c1-6-26-18-9-13(2)7-8-15(18)11-22-20(21-4)23-12-16-10-17(14(3)27-16)19(24)25-5/h7-10H,6,11-12H2,1-5H3,(H2,21,22,23). The van der Waals surface area contributed by atoms with Crippen molar-refractivity contribution >= 4 is 11.9 Å². The van der Waals surface area contributed by atoms with E-state index in [0.29, 0.717) is 42.7 Å². The van der Waals surface area contributed by atoms with Crippen LogP contribution in [-0.2, 0) is 17.8 Å². The molecule has 0 amide bonds. The third kappa shape index (κ3) is 5.51. The summed E-state index contributed by atoms with van der Waals surface area (Å²) in [5.41, 5.74) is 2.63. The van der Waals surface area contributed by atoms with Crippen LogP contribution in [0.3, 0.4) is 0 Å². The number of nitrogens with one attached hydrogen (secondary N) is 2. The average Bonchev–Trinajstić information content (AvgIpc) is 3.03. The van der Waals surface area contributed by atoms with Crippen LogP contribution in [0.1, 0.15) is 39.9 Å². The van der Waals surface area contributed by atoms with Crippen LogP contribution in [0.15, 0.2) is 33.7 Å². The molecule has 0 aliphatic rings. The van der Waals surface area contributed by atoms with E-state index in [1.807, 2.05) is 26.0 Å². The summed E-state index contributed by atoms with van der Waals surface area (Å²) in [5, 5.41) is 6.42. The SMILES string of the molecule is CCOc1cc(C)ccc1CNC(=NC)NCc1cc(C(=O)OC)c(C)o1. The fourth-order valence-electron chi connectivity index (χ4n) is 2.61. The molecule has 7 heteroatoms. The van der Waals surface area contributed by atoms with Crippen LogP contribution in [-0.4, -0.2) is 32.7 Å². The molecule has 0 fully saturated rings. The zero-order valence-corrected chi connectivity index (χ0v) is 16.5. The summed E-state index contributed by atoms with van der Waals surface area (Å²) < 4.78 is 16.0. The Morgan fingerprint density at radius 1 is 1.19 bits per heavy atom. The molecule has 0 saturated heterocycles. The zero-order chi connectivity index (χ0) is 19.8. The van der Waals surface area contributed by atoms with Crippen molar-refractivity contribution in [3.8, 4) is 5.75 Å². The van der Waals surface area contributed by atoms with Gasteiger partial charge in [0.15, 0.2) is 5.96 Å². The molecule has 1 heterocycles. The van der Waals surface area contributed by atoms with Gasteiger partial charge in [-0.25, -0.2) is 4.79 Å². The first-order valence-corrected chi connectivity index (χ1v) is 8.83. The number of aliphatic imine (C=N–C) groups is 1. The Morgan fingerprint density at radius 3 is 2.59 bits per heavy atom. The Bertz CT molecular complexity index is 812. The summed E-state index contributed by atoms with van der Waals surface area (Å²) >= 11 is 0. The van der Waals surface area contributed by atoms with Gasteiger partial charge in [0.1, 0.15) is 22.8 Å². The van der Waals surface area contributed by atoms with Crippen LogP contribution < -0.4 is 15.4 Å². The fraction of sp³-hybridized carbons (Fsp3) is 0.400. The summed E-state index contributed by atoms with van der Waals surface area (Å²) in [6.45, 7) is 7.31. The number of hydrogen-bond donors (Lipinski definition) is 2. The summed E-state index contributed by atoms with van der Waals surface area (Å²) in [6, 6.07) is 7.79. The number of ether oxygens (including phenoxy) is 2. The van der Waals surface area contributed by atoms with Crippen molar-refractivity contribution in [1.29, 1.82) is 0 Å². The van der Waals surface area contributed by atoms with Gasteiger partial charge in [-0.15, -0.1) is 0 Å². The van der Waals surface area contributed by atoms with Gasteiger partial charge in [0.25, 0.3) is 0 Å². The van der Waals surface area contributed by atoms with E-state index in [9.17, 15) is 4.79 Å². The number of benzene rings is 1. The van der Waals surface area contributed by atoms with E-state index < -0.39 is 5.97 Å². The van der Waals surface area contributed by atoms with Crippen molar-refractivity contribution in [2.24, 2.45) is 4.99 Å². The number of rotatable bonds is 7. The molecule has 1 aromatic carbocycles. The summed E-state index contributed by atoms with van der Waals surface area (Å²) in [4.78, 5) is 15.9. The predicted molar refractivity (Wildman–Crippen MR) is 104 cm³/mol. The molecule has 0 atom stereocenters. The van der Waals surface area contributed by atoms with Gasteiger partial charge in [-0.1, -0.05) is 12.1 Å². The Kier molecular flexibility index (Phi) is 7.28. The second kappa shape index (κ2) is 9.66. The molecule has 2 rings (SSSR count). The lowest BCUT2D eigenvalue weighted by Gasteiger charge is -2.14. The van der Waals surface area contributed by atoms with Crippen LogP contribution >= 0.6 is 0 Å². The smallest absolute Gasteiger partial charge is 0.341 e. The molecule has 0 aliphatic heterocycles. The van der Waals surface area contributed by atoms with Gasteiger partial charge in [-0.05, 0) is 38.5 Å². The number of guanidine groups is 1. The van der Waals surface area contributed by atoms with E-state index in [2.05, 4.69) is 21.7 Å². The number of furan rings is 1. The van der Waals surface area contributed by atoms with E-state index in [-0.39, 0.29) is 0 Å². The second-order valence-corrected chi connectivity index (χ2v) is 6.00. The van der Waals surface area contributed by atoms with Gasteiger partial charge in [0, 0.05) is 19.2 Å². The minimum Gasteiger partial charge on any atom is -0.494 e. The highest BCUT2D eigenvalue weighted by atomic mass is 16.5. The summed E-state index contributed by atoms with van der Waals surface area (Å²) in [6.07, 6.45) is 0. The highest BCUT2D eigenvalue weighted by molar-refractivity contribution is 5.90. The van der Waals surface area contributed by atoms with Gasteiger partial charge in [-0.2, -0.15) is 0 Å². The molecule has 0 radical (unpaired) electrons. The summed E-state index contributed by atoms with van der Waals surface area (Å²) in [7, 11) is 3.04. The second-order valence-electron chi connectivity index (χ2n) is 6.00. The normalized spacial score (nSPS) is 11.2. The Morgan fingerprint density at radius 2 is 1.93 bits per heavy atom. The van der Waals surface area contributed by atoms with E-state index in [0.717, 1.165) is 16.9 Å². The highest BCUT2D eigenvalue weighted by Crippen LogP contribution is 2.20. The maximum absolute atomic E-state index is 11.7. The quantitative estimate of drug-likeness (QED) is 0.441. The zero-order valence-electron chi connectivity index (χ0n) is 16.5. The number of carbonyl (C=O) groups excluding carboxylic acids is 1. The Balaban J connectivity index is 1.96. The first kappa shape index (κ1) is 20.4. The first-order chi connectivity index (χ1) is 13.0. The molecule has 0 unspecified atom stereocenters. The van der Waals surface area contributed by atoms with Crippen LogP contribution in [0.25, 0.3) is 0 Å². The van der Waals surface area contributed by atoms with E-state index in [1.54, 1.807) is 20.0 Å². The van der Waals surface area contributed by atoms with Crippen molar-refractivity contribution in [2.75, 3.05) is 20.8 Å². The van der Waals surface area contributed by atoms with Crippen molar-refractivity contribution in [3.63, 3.8) is 0 Å². The molecule has 27 heavy (non-hydrogen) atoms. The van der Waals surface area contributed by atoms with E-state index in [1.165, 1.54) is 7.11 Å². The van der Waals surface area contributed by atoms with Crippen LogP contribution in [0.5, 0.6) is 5.75 Å². The number of esters is 1. The maximum atomic E-state index is 11.7. The Labute approximate surface area is 159 Å². The lowest BCUT2D eigenvalue weighted by Crippen LogP contribution is -2.36. The van der Waals surface area contributed by atoms with Crippen molar-refractivity contribution < 1.29 is 18.7 Å². The maximum Gasteiger partial charge on any atom is 0.341 e. The number of methoxy groups -OCH3 is 1. The summed E-state index contributed by atoms with van der Waals surface area (Å²) in [5.74, 6) is 2.23. The van der Waals surface area contributed by atoms with Gasteiger partial charge < -0.3 is 24.5 Å². The molecule has 0 spiro atoms. The molecule has 0 aliphatic carbocycles. The minimum absolute atomic E-state index is 0.393. The van der Waals surface area contributed by atoms with Crippen molar-refractivity contribution in [2.45, 2.75) is 33.9 Å². The molecule has 1 aromatic heterocycles. The first-order valence-electron chi connectivity index (χ1n) is 8.83. The minimum atomic E-state index is -0.409. The molecule has 0 bridgehead atoms. The van der Waals surface area contributed by atoms with Crippen molar-refractivity contribution in [3.05, 3.63) is 52.5 Å². The number of hydrogen-bond acceptors (Lipinski definition) is 5. The highest BCUT2D eigenvalue weighted by Gasteiger charge is 2.15. The van der Waals surface area contributed by atoms with Crippen molar-refractivity contribution in [1.82, 2.24) is 10.6 Å². The monoisotopic (exact) mass is 373 g/mol. The third-order valence-corrected chi connectivity index (χ3v) is 4.00. The van der Waals surface area contributed by atoms with Crippen LogP contribution in [0.2, 0.25) is 0 Å². The van der Waals surface area contributed by atoms with E-state index in [4.69, 9.17) is 13.9 Å². The average molecular weight is 373 g/mol. The third-order valence-electron chi connectivity index (χ3n) is 4.00. The van der Waals surface area contributed by atoms with Gasteiger partial charge in [0.05, 0.1) is 20.3 Å². The van der Waals surface area contributed by atoms with Gasteiger partial charge >= 0.3 is 5.97 Å². The number of carbonyl (C=O) groups is 1. The lowest BCUT2D eigenvalue weighted by atomic mass is 10.1. The topological polar surface area (TPSA) is 85.1 Å². The molecule has 2 aromatic rings. The van der Waals surface area contributed by atoms with E-state index >= 15 is 0 Å². The molecule has 146 valence electrons. The molecule has 7 nitrogen and oxygen atoms in total. The number of aryl methyl sites for hydroxylation is 2. The molecule has 0 saturated carbocycles. The van der Waals surface area contributed by atoms with Gasteiger partial charge in [-0.3, -0.25) is 4.99 Å². The molecular weight excluding hydrogens is 346 g/mol. The fourth-order valence-corrected chi connectivity index (χ4v) is 2.61. The van der Waals surface area contributed by atoms with Crippen LogP contribution in [0.4, 0.5) is 0 Å². The molecular formula is C20H27N3O4. The largest absolute Gasteiger partial charge is 0.494 e. The predicted octanol–water partition coefficient (Wildman–Crippen LogP) is 2.95. The van der Waals surface area contributed by atoms with Crippen LogP contribution in [0, 0.1) is 13.8 Å². The number of nitrogens with zero attached hydrogens (tertiary/aromatic N) is 1.